The zero-order valence-electron chi connectivity index (χ0n) is 17.4. The highest BCUT2D eigenvalue weighted by molar-refractivity contribution is 7.89. The van der Waals surface area contributed by atoms with Crippen LogP contribution in [-0.4, -0.2) is 57.3 Å². The molecule has 0 radical (unpaired) electrons. The maximum atomic E-state index is 12.9. The zero-order valence-corrected chi connectivity index (χ0v) is 18.3. The van der Waals surface area contributed by atoms with E-state index < -0.39 is 10.0 Å². The summed E-state index contributed by atoms with van der Waals surface area (Å²) in [5.41, 5.74) is 0.948. The van der Waals surface area contributed by atoms with Crippen molar-refractivity contribution in [1.82, 2.24) is 14.4 Å². The topological polar surface area (TPSA) is 104 Å². The highest BCUT2D eigenvalue weighted by atomic mass is 32.2. The first kappa shape index (κ1) is 21.1. The van der Waals surface area contributed by atoms with E-state index in [2.05, 4.69) is 10.1 Å². The maximum absolute atomic E-state index is 12.9. The van der Waals surface area contributed by atoms with Crippen LogP contribution in [0.3, 0.4) is 0 Å². The molecule has 1 aromatic heterocycles. The number of nitrogens with zero attached hydrogens (tertiary/aromatic N) is 3. The summed E-state index contributed by atoms with van der Waals surface area (Å²) in [7, 11) is 0.916. The van der Waals surface area contributed by atoms with Crippen LogP contribution >= 0.6 is 0 Å². The molecule has 2 aromatic carbocycles. The molecule has 0 saturated carbocycles. The van der Waals surface area contributed by atoms with E-state index in [1.165, 1.54) is 30.7 Å². The molecule has 0 amide bonds. The van der Waals surface area contributed by atoms with Gasteiger partial charge in [-0.2, -0.15) is 9.29 Å². The summed E-state index contributed by atoms with van der Waals surface area (Å²) < 4.78 is 48.4. The first-order chi connectivity index (χ1) is 15.0. The Balaban J connectivity index is 1.43. The van der Waals surface area contributed by atoms with Crippen LogP contribution < -0.4 is 14.2 Å². The van der Waals surface area contributed by atoms with Gasteiger partial charge in [0.15, 0.2) is 17.3 Å². The molecular weight excluding hydrogens is 422 g/mol. The molecule has 3 aromatic rings. The fourth-order valence-electron chi connectivity index (χ4n) is 3.44. The molecular formula is C21H23N3O6S. The fraction of sp³-hybridized carbons (Fsp3) is 0.333. The van der Waals surface area contributed by atoms with E-state index in [1.54, 1.807) is 13.2 Å². The number of ether oxygens (including phenoxy) is 3. The average Bonchev–Trinajstić information content (AvgIpc) is 3.20. The Morgan fingerprint density at radius 3 is 2.42 bits per heavy atom. The molecule has 9 nitrogen and oxygen atoms in total. The minimum Gasteiger partial charge on any atom is -0.496 e. The van der Waals surface area contributed by atoms with E-state index >= 15 is 0 Å². The summed E-state index contributed by atoms with van der Waals surface area (Å²) in [6.45, 7) is 0.542. The van der Waals surface area contributed by atoms with Crippen LogP contribution in [0.2, 0.25) is 0 Å². The van der Waals surface area contributed by atoms with Crippen LogP contribution in [0.1, 0.15) is 23.2 Å². The van der Waals surface area contributed by atoms with E-state index in [4.69, 9.17) is 18.7 Å². The predicted octanol–water partition coefficient (Wildman–Crippen LogP) is 2.47. The Labute approximate surface area is 180 Å². The monoisotopic (exact) mass is 445 g/mol. The van der Waals surface area contributed by atoms with E-state index in [-0.39, 0.29) is 23.9 Å². The molecule has 1 fully saturated rings. The van der Waals surface area contributed by atoms with Gasteiger partial charge in [-0.15, -0.1) is 0 Å². The number of methoxy groups -OCH3 is 3. The third kappa shape index (κ3) is 4.08. The van der Waals surface area contributed by atoms with Gasteiger partial charge in [-0.3, -0.25) is 0 Å². The van der Waals surface area contributed by atoms with E-state index in [0.717, 1.165) is 11.3 Å². The van der Waals surface area contributed by atoms with Crippen molar-refractivity contribution >= 4 is 10.0 Å². The minimum absolute atomic E-state index is 0.144. The van der Waals surface area contributed by atoms with Crippen molar-refractivity contribution in [3.8, 4) is 17.2 Å². The molecule has 4 rings (SSSR count). The SMILES string of the molecule is COc1ccccc1Cc1noc(C2CN(S(=O)(=O)c3ccc(OC)c(OC)c3)C2)n1. The van der Waals surface area contributed by atoms with Gasteiger partial charge in [-0.1, -0.05) is 23.4 Å². The van der Waals surface area contributed by atoms with E-state index in [9.17, 15) is 8.42 Å². The van der Waals surface area contributed by atoms with Crippen molar-refractivity contribution in [3.05, 3.63) is 59.7 Å². The highest BCUT2D eigenvalue weighted by Crippen LogP contribution is 2.35. The molecule has 31 heavy (non-hydrogen) atoms. The average molecular weight is 445 g/mol. The summed E-state index contributed by atoms with van der Waals surface area (Å²) >= 11 is 0. The Morgan fingerprint density at radius 2 is 1.71 bits per heavy atom. The normalized spacial score (nSPS) is 14.8. The maximum Gasteiger partial charge on any atom is 0.243 e. The summed E-state index contributed by atoms with van der Waals surface area (Å²) in [4.78, 5) is 4.60. The largest absolute Gasteiger partial charge is 0.496 e. The van der Waals surface area contributed by atoms with Gasteiger partial charge in [0.05, 0.1) is 32.1 Å². The van der Waals surface area contributed by atoms with Crippen molar-refractivity contribution in [3.63, 3.8) is 0 Å². The zero-order chi connectivity index (χ0) is 22.0. The lowest BCUT2D eigenvalue weighted by atomic mass is 10.0. The second kappa shape index (κ2) is 8.56. The summed E-state index contributed by atoms with van der Waals surface area (Å²) in [5.74, 6) is 2.40. The molecule has 164 valence electrons. The van der Waals surface area contributed by atoms with Crippen LogP contribution in [0, 0.1) is 0 Å². The molecule has 1 aliphatic heterocycles. The molecule has 0 N–H and O–H groups in total. The van der Waals surface area contributed by atoms with E-state index in [0.29, 0.717) is 29.6 Å². The van der Waals surface area contributed by atoms with E-state index in [1.807, 2.05) is 24.3 Å². The van der Waals surface area contributed by atoms with Gasteiger partial charge < -0.3 is 18.7 Å². The van der Waals surface area contributed by atoms with Crippen molar-refractivity contribution in [2.24, 2.45) is 0 Å². The lowest BCUT2D eigenvalue weighted by Crippen LogP contribution is -2.48. The van der Waals surface area contributed by atoms with Gasteiger partial charge in [0.1, 0.15) is 5.75 Å². The van der Waals surface area contributed by atoms with Gasteiger partial charge in [0.25, 0.3) is 0 Å². The van der Waals surface area contributed by atoms with Crippen molar-refractivity contribution < 1.29 is 27.2 Å². The molecule has 0 aliphatic carbocycles. The standard InChI is InChI=1S/C21H23N3O6S/c1-27-17-7-5-4-6-14(17)10-20-22-21(30-23-20)15-12-24(13-15)31(25,26)16-8-9-18(28-2)19(11-16)29-3/h4-9,11,15H,10,12-13H2,1-3H3. The predicted molar refractivity (Wildman–Crippen MR) is 111 cm³/mol. The molecule has 2 heterocycles. The molecule has 0 spiro atoms. The molecule has 0 atom stereocenters. The number of aromatic nitrogens is 2. The number of sulfonamides is 1. The summed E-state index contributed by atoms with van der Waals surface area (Å²) in [6.07, 6.45) is 0.466. The molecule has 0 bridgehead atoms. The molecule has 1 aliphatic rings. The minimum atomic E-state index is -3.66. The lowest BCUT2D eigenvalue weighted by molar-refractivity contribution is 0.216. The third-order valence-corrected chi connectivity index (χ3v) is 7.04. The van der Waals surface area contributed by atoms with Gasteiger partial charge in [0.2, 0.25) is 15.9 Å². The fourth-order valence-corrected chi connectivity index (χ4v) is 4.99. The van der Waals surface area contributed by atoms with Crippen LogP contribution in [-0.2, 0) is 16.4 Å². The van der Waals surface area contributed by atoms with Gasteiger partial charge in [-0.25, -0.2) is 8.42 Å². The van der Waals surface area contributed by atoms with Crippen LogP contribution in [0.25, 0.3) is 0 Å². The Hall–Kier alpha value is -3.11. The Bertz CT molecular complexity index is 1170. The number of benzene rings is 2. The second-order valence-electron chi connectivity index (χ2n) is 7.07. The van der Waals surface area contributed by atoms with Gasteiger partial charge in [0, 0.05) is 31.1 Å². The smallest absolute Gasteiger partial charge is 0.243 e. The van der Waals surface area contributed by atoms with Crippen LogP contribution in [0.15, 0.2) is 51.9 Å². The first-order valence-electron chi connectivity index (χ1n) is 9.62. The Kier molecular flexibility index (Phi) is 5.84. The lowest BCUT2D eigenvalue weighted by Gasteiger charge is -2.35. The van der Waals surface area contributed by atoms with Crippen molar-refractivity contribution in [2.45, 2.75) is 17.2 Å². The number of hydrogen-bond acceptors (Lipinski definition) is 8. The van der Waals surface area contributed by atoms with Gasteiger partial charge >= 0.3 is 0 Å². The third-order valence-electron chi connectivity index (χ3n) is 5.21. The van der Waals surface area contributed by atoms with Gasteiger partial charge in [-0.05, 0) is 18.2 Å². The number of para-hydroxylation sites is 1. The first-order valence-corrected chi connectivity index (χ1v) is 11.1. The molecule has 0 unspecified atom stereocenters. The Morgan fingerprint density at radius 1 is 1.00 bits per heavy atom. The second-order valence-corrected chi connectivity index (χ2v) is 9.01. The van der Waals surface area contributed by atoms with Crippen LogP contribution in [0.5, 0.6) is 17.2 Å². The van der Waals surface area contributed by atoms with Crippen molar-refractivity contribution in [2.75, 3.05) is 34.4 Å². The molecule has 1 saturated heterocycles. The molecule has 10 heteroatoms. The van der Waals surface area contributed by atoms with Crippen molar-refractivity contribution in [1.29, 1.82) is 0 Å². The number of hydrogen-bond donors (Lipinski definition) is 0. The number of rotatable bonds is 8. The summed E-state index contributed by atoms with van der Waals surface area (Å²) in [6, 6.07) is 12.2. The summed E-state index contributed by atoms with van der Waals surface area (Å²) in [5, 5.41) is 4.04. The quantitative estimate of drug-likeness (QED) is 0.521. The highest BCUT2D eigenvalue weighted by Gasteiger charge is 2.40. The van der Waals surface area contributed by atoms with Crippen LogP contribution in [0.4, 0.5) is 0 Å².